The minimum absolute atomic E-state index is 0.127. The highest BCUT2D eigenvalue weighted by Gasteiger charge is 2.19. The number of benzene rings is 2. The number of carbonyl (C=O) groups is 2. The maximum Gasteiger partial charge on any atom is 0.257 e. The van der Waals surface area contributed by atoms with Crippen LogP contribution in [0.3, 0.4) is 0 Å². The van der Waals surface area contributed by atoms with Gasteiger partial charge in [-0.2, -0.15) is 0 Å². The molecular weight excluding hydrogens is 446 g/mol. The molecule has 1 saturated carbocycles. The Balaban J connectivity index is 1.57. The van der Waals surface area contributed by atoms with Gasteiger partial charge < -0.3 is 15.4 Å². The molecule has 8 heteroatoms. The molecule has 2 aromatic rings. The lowest BCUT2D eigenvalue weighted by Gasteiger charge is -2.23. The first kappa shape index (κ1) is 24.0. The van der Waals surface area contributed by atoms with Crippen LogP contribution in [0.4, 0.5) is 5.69 Å². The van der Waals surface area contributed by atoms with E-state index in [1.807, 2.05) is 6.92 Å². The second-order valence-corrected chi connectivity index (χ2v) is 8.60. The number of ether oxygens (including phenoxy) is 1. The van der Waals surface area contributed by atoms with Crippen LogP contribution in [0.15, 0.2) is 42.5 Å². The Kier molecular flexibility index (Phi) is 8.88. The Morgan fingerprint density at radius 3 is 2.47 bits per heavy atom. The van der Waals surface area contributed by atoms with Crippen LogP contribution in [-0.2, 0) is 0 Å². The van der Waals surface area contributed by atoms with E-state index in [4.69, 9.17) is 28.6 Å². The maximum absolute atomic E-state index is 12.7. The topological polar surface area (TPSA) is 79.5 Å². The van der Waals surface area contributed by atoms with Crippen LogP contribution in [-0.4, -0.2) is 29.6 Å². The predicted octanol–water partition coefficient (Wildman–Crippen LogP) is 5.32. The molecule has 0 spiro atoms. The minimum Gasteiger partial charge on any atom is -0.494 e. The highest BCUT2D eigenvalue weighted by atomic mass is 35.5. The molecular formula is C24H28ClN3O3S. The highest BCUT2D eigenvalue weighted by Crippen LogP contribution is 2.23. The summed E-state index contributed by atoms with van der Waals surface area (Å²) in [5.74, 6) is 0.170. The molecule has 2 aromatic carbocycles. The molecule has 0 radical (unpaired) electrons. The van der Waals surface area contributed by atoms with E-state index in [0.717, 1.165) is 32.1 Å². The van der Waals surface area contributed by atoms with Crippen molar-refractivity contribution in [2.24, 2.45) is 0 Å². The average molecular weight is 474 g/mol. The summed E-state index contributed by atoms with van der Waals surface area (Å²) in [6.45, 7) is 2.66. The molecule has 0 saturated heterocycles. The number of thiocarbonyl (C=S) groups is 1. The van der Waals surface area contributed by atoms with Gasteiger partial charge >= 0.3 is 0 Å². The normalized spacial score (nSPS) is 13.8. The van der Waals surface area contributed by atoms with E-state index >= 15 is 0 Å². The standard InChI is InChI=1S/C24H28ClN3O3S/c1-2-14-31-19-11-8-16(9-12-19)22(29)28-24(32)27-18-10-13-21(25)20(15-18)23(30)26-17-6-4-3-5-7-17/h8-13,15,17H,2-7,14H2,1H3,(H,26,30)(H2,27,28,29,32). The number of carbonyl (C=O) groups excluding carboxylic acids is 2. The van der Waals surface area contributed by atoms with E-state index < -0.39 is 0 Å². The third kappa shape index (κ3) is 6.93. The zero-order valence-electron chi connectivity index (χ0n) is 18.1. The maximum atomic E-state index is 12.7. The van der Waals surface area contributed by atoms with E-state index in [0.29, 0.717) is 34.2 Å². The van der Waals surface area contributed by atoms with Gasteiger partial charge in [0.1, 0.15) is 5.75 Å². The summed E-state index contributed by atoms with van der Waals surface area (Å²) in [6, 6.07) is 12.0. The fourth-order valence-corrected chi connectivity index (χ4v) is 3.96. The average Bonchev–Trinajstić information content (AvgIpc) is 2.79. The summed E-state index contributed by atoms with van der Waals surface area (Å²) in [7, 11) is 0. The summed E-state index contributed by atoms with van der Waals surface area (Å²) in [5.41, 5.74) is 1.40. The summed E-state index contributed by atoms with van der Waals surface area (Å²) in [5, 5.41) is 9.14. The Morgan fingerprint density at radius 1 is 1.06 bits per heavy atom. The van der Waals surface area contributed by atoms with Gasteiger partial charge in [-0.1, -0.05) is 37.8 Å². The smallest absolute Gasteiger partial charge is 0.257 e. The number of nitrogens with one attached hydrogen (secondary N) is 3. The number of halogens is 1. The van der Waals surface area contributed by atoms with Gasteiger partial charge in [-0.05, 0) is 73.9 Å². The van der Waals surface area contributed by atoms with Crippen LogP contribution in [0.1, 0.15) is 66.2 Å². The Bertz CT molecular complexity index is 959. The van der Waals surface area contributed by atoms with Crippen LogP contribution in [0.5, 0.6) is 5.75 Å². The van der Waals surface area contributed by atoms with Crippen LogP contribution < -0.4 is 20.7 Å². The third-order valence-electron chi connectivity index (χ3n) is 5.23. The van der Waals surface area contributed by atoms with Crippen LogP contribution >= 0.6 is 23.8 Å². The lowest BCUT2D eigenvalue weighted by atomic mass is 9.95. The monoisotopic (exact) mass is 473 g/mol. The lowest BCUT2D eigenvalue weighted by Crippen LogP contribution is -2.36. The number of hydrogen-bond acceptors (Lipinski definition) is 4. The number of amides is 2. The molecule has 3 N–H and O–H groups in total. The van der Waals surface area contributed by atoms with Crippen LogP contribution in [0.25, 0.3) is 0 Å². The minimum atomic E-state index is -0.339. The molecule has 6 nitrogen and oxygen atoms in total. The number of hydrogen-bond donors (Lipinski definition) is 3. The molecule has 1 aliphatic carbocycles. The molecule has 1 aliphatic rings. The van der Waals surface area contributed by atoms with E-state index in [1.165, 1.54) is 6.42 Å². The molecule has 0 atom stereocenters. The quantitative estimate of drug-likeness (QED) is 0.474. The SMILES string of the molecule is CCCOc1ccc(C(=O)NC(=S)Nc2ccc(Cl)c(C(=O)NC3CCCCC3)c2)cc1. The van der Waals surface area contributed by atoms with Gasteiger partial charge in [-0.15, -0.1) is 0 Å². The van der Waals surface area contributed by atoms with Gasteiger partial charge in [0.25, 0.3) is 11.8 Å². The number of rotatable bonds is 7. The molecule has 0 bridgehead atoms. The fraction of sp³-hybridized carbons (Fsp3) is 0.375. The summed E-state index contributed by atoms with van der Waals surface area (Å²) < 4.78 is 5.52. The van der Waals surface area contributed by atoms with Crippen molar-refractivity contribution in [1.82, 2.24) is 10.6 Å². The number of anilines is 1. The van der Waals surface area contributed by atoms with Crippen molar-refractivity contribution in [3.63, 3.8) is 0 Å². The van der Waals surface area contributed by atoms with Crippen molar-refractivity contribution >= 4 is 46.4 Å². The van der Waals surface area contributed by atoms with E-state index in [9.17, 15) is 9.59 Å². The van der Waals surface area contributed by atoms with E-state index in [2.05, 4.69) is 16.0 Å². The van der Waals surface area contributed by atoms with Crippen molar-refractivity contribution in [2.75, 3.05) is 11.9 Å². The van der Waals surface area contributed by atoms with Crippen LogP contribution in [0.2, 0.25) is 5.02 Å². The van der Waals surface area contributed by atoms with Crippen molar-refractivity contribution in [1.29, 1.82) is 0 Å². The largest absolute Gasteiger partial charge is 0.494 e. The molecule has 2 amide bonds. The van der Waals surface area contributed by atoms with Crippen molar-refractivity contribution in [3.05, 3.63) is 58.6 Å². The van der Waals surface area contributed by atoms with Gasteiger partial charge in [0.15, 0.2) is 5.11 Å². The van der Waals surface area contributed by atoms with Gasteiger partial charge in [-0.3, -0.25) is 14.9 Å². The molecule has 170 valence electrons. The van der Waals surface area contributed by atoms with E-state index in [-0.39, 0.29) is 23.0 Å². The molecule has 0 aromatic heterocycles. The Hall–Kier alpha value is -2.64. The molecule has 32 heavy (non-hydrogen) atoms. The lowest BCUT2D eigenvalue weighted by molar-refractivity contribution is 0.0926. The molecule has 0 aliphatic heterocycles. The summed E-state index contributed by atoms with van der Waals surface area (Å²) in [6.07, 6.45) is 6.36. The van der Waals surface area contributed by atoms with Gasteiger partial charge in [0.05, 0.1) is 17.2 Å². The Morgan fingerprint density at radius 2 is 1.78 bits per heavy atom. The third-order valence-corrected chi connectivity index (χ3v) is 5.76. The predicted molar refractivity (Wildman–Crippen MR) is 132 cm³/mol. The first-order valence-electron chi connectivity index (χ1n) is 10.9. The van der Waals surface area contributed by atoms with Gasteiger partial charge in [0.2, 0.25) is 0 Å². The zero-order valence-corrected chi connectivity index (χ0v) is 19.7. The molecule has 0 heterocycles. The van der Waals surface area contributed by atoms with Gasteiger partial charge in [0, 0.05) is 17.3 Å². The first-order valence-corrected chi connectivity index (χ1v) is 11.7. The highest BCUT2D eigenvalue weighted by molar-refractivity contribution is 7.80. The first-order chi connectivity index (χ1) is 15.5. The second-order valence-electron chi connectivity index (χ2n) is 7.78. The molecule has 3 rings (SSSR count). The second kappa shape index (κ2) is 11.8. The zero-order chi connectivity index (χ0) is 22.9. The molecule has 1 fully saturated rings. The van der Waals surface area contributed by atoms with E-state index in [1.54, 1.807) is 42.5 Å². The Labute approximate surface area is 199 Å². The molecule has 0 unspecified atom stereocenters. The summed E-state index contributed by atoms with van der Waals surface area (Å²) >= 11 is 11.5. The van der Waals surface area contributed by atoms with Crippen LogP contribution in [0, 0.1) is 0 Å². The van der Waals surface area contributed by atoms with Crippen molar-refractivity contribution in [3.8, 4) is 5.75 Å². The van der Waals surface area contributed by atoms with Gasteiger partial charge in [-0.25, -0.2) is 0 Å². The van der Waals surface area contributed by atoms with Crippen molar-refractivity contribution in [2.45, 2.75) is 51.5 Å². The van der Waals surface area contributed by atoms with Crippen molar-refractivity contribution < 1.29 is 14.3 Å². The summed E-state index contributed by atoms with van der Waals surface area (Å²) in [4.78, 5) is 25.1. The fourth-order valence-electron chi connectivity index (χ4n) is 3.55.